The lowest BCUT2D eigenvalue weighted by atomic mass is 9.74. The summed E-state index contributed by atoms with van der Waals surface area (Å²) in [5.41, 5.74) is 1.65. The van der Waals surface area contributed by atoms with Crippen LogP contribution in [0.2, 0.25) is 0 Å². The second-order valence-corrected chi connectivity index (χ2v) is 4.83. The van der Waals surface area contributed by atoms with Crippen LogP contribution in [0.25, 0.3) is 5.57 Å². The Morgan fingerprint density at radius 1 is 1.00 bits per heavy atom. The summed E-state index contributed by atoms with van der Waals surface area (Å²) in [4.78, 5) is 12.4. The van der Waals surface area contributed by atoms with E-state index in [1.807, 2.05) is 67.6 Å². The first kappa shape index (κ1) is 14.1. The number of benzene rings is 2. The lowest BCUT2D eigenvalue weighted by molar-refractivity contribution is -0.144. The molecule has 0 aliphatic carbocycles. The summed E-state index contributed by atoms with van der Waals surface area (Å²) < 4.78 is 5.01. The summed E-state index contributed by atoms with van der Waals surface area (Å²) in [6.07, 6.45) is 0. The van der Waals surface area contributed by atoms with Gasteiger partial charge in [-0.1, -0.05) is 67.2 Å². The van der Waals surface area contributed by atoms with Gasteiger partial charge in [0.2, 0.25) is 0 Å². The van der Waals surface area contributed by atoms with Crippen molar-refractivity contribution in [1.82, 2.24) is 0 Å². The summed E-state index contributed by atoms with van der Waals surface area (Å²) in [6, 6.07) is 19.3. The second-order valence-electron chi connectivity index (χ2n) is 4.83. The van der Waals surface area contributed by atoms with E-state index in [0.717, 1.165) is 16.7 Å². The molecule has 2 nitrogen and oxygen atoms in total. The van der Waals surface area contributed by atoms with Gasteiger partial charge in [-0.3, -0.25) is 4.79 Å². The second kappa shape index (κ2) is 5.74. The van der Waals surface area contributed by atoms with Crippen molar-refractivity contribution in [3.63, 3.8) is 0 Å². The molecule has 0 spiro atoms. The van der Waals surface area contributed by atoms with Gasteiger partial charge < -0.3 is 4.74 Å². The van der Waals surface area contributed by atoms with Crippen LogP contribution in [0.15, 0.2) is 67.2 Å². The minimum Gasteiger partial charge on any atom is -0.468 e. The molecule has 0 aromatic heterocycles. The summed E-state index contributed by atoms with van der Waals surface area (Å²) in [5, 5.41) is 0. The predicted octanol–water partition coefficient (Wildman–Crippen LogP) is 3.83. The lowest BCUT2D eigenvalue weighted by Crippen LogP contribution is -2.34. The number of hydrogen-bond donors (Lipinski definition) is 0. The number of esters is 1. The first-order valence-corrected chi connectivity index (χ1v) is 6.49. The Kier molecular flexibility index (Phi) is 4.04. The van der Waals surface area contributed by atoms with Gasteiger partial charge in [0.05, 0.1) is 7.11 Å². The van der Waals surface area contributed by atoms with Crippen molar-refractivity contribution < 1.29 is 9.53 Å². The molecule has 1 unspecified atom stereocenters. The topological polar surface area (TPSA) is 26.3 Å². The van der Waals surface area contributed by atoms with Crippen molar-refractivity contribution in [2.45, 2.75) is 12.3 Å². The number of methoxy groups -OCH3 is 1. The largest absolute Gasteiger partial charge is 0.468 e. The SMILES string of the molecule is C=C(c1ccccc1)C(C)(C(=O)OC)c1ccccc1. The first-order valence-electron chi connectivity index (χ1n) is 6.49. The molecule has 0 N–H and O–H groups in total. The van der Waals surface area contributed by atoms with Gasteiger partial charge in [-0.2, -0.15) is 0 Å². The molecule has 0 aliphatic heterocycles. The van der Waals surface area contributed by atoms with E-state index in [0.29, 0.717) is 0 Å². The normalized spacial score (nSPS) is 13.3. The molecular weight excluding hydrogens is 248 g/mol. The number of hydrogen-bond acceptors (Lipinski definition) is 2. The molecule has 0 radical (unpaired) electrons. The third-order valence-corrected chi connectivity index (χ3v) is 3.67. The van der Waals surface area contributed by atoms with Gasteiger partial charge >= 0.3 is 5.97 Å². The van der Waals surface area contributed by atoms with E-state index in [9.17, 15) is 4.79 Å². The average Bonchev–Trinajstić information content (AvgIpc) is 2.54. The Morgan fingerprint density at radius 3 is 2.00 bits per heavy atom. The van der Waals surface area contributed by atoms with Gasteiger partial charge in [0.1, 0.15) is 5.41 Å². The summed E-state index contributed by atoms with van der Waals surface area (Å²) in [5.74, 6) is -0.308. The maximum Gasteiger partial charge on any atom is 0.320 e. The van der Waals surface area contributed by atoms with E-state index in [-0.39, 0.29) is 5.97 Å². The van der Waals surface area contributed by atoms with Crippen molar-refractivity contribution >= 4 is 11.5 Å². The van der Waals surface area contributed by atoms with Crippen LogP contribution >= 0.6 is 0 Å². The molecule has 0 amide bonds. The van der Waals surface area contributed by atoms with Crippen LogP contribution in [0.5, 0.6) is 0 Å². The molecule has 2 aromatic carbocycles. The van der Waals surface area contributed by atoms with Crippen LogP contribution in [0.4, 0.5) is 0 Å². The maximum atomic E-state index is 12.4. The molecule has 0 aliphatic rings. The van der Waals surface area contributed by atoms with Gasteiger partial charge in [0.15, 0.2) is 0 Å². The highest BCUT2D eigenvalue weighted by Gasteiger charge is 2.39. The van der Waals surface area contributed by atoms with Gasteiger partial charge in [-0.15, -0.1) is 0 Å². The highest BCUT2D eigenvalue weighted by atomic mass is 16.5. The molecule has 2 heteroatoms. The van der Waals surface area contributed by atoms with E-state index in [1.165, 1.54) is 7.11 Å². The summed E-state index contributed by atoms with van der Waals surface area (Å²) >= 11 is 0. The van der Waals surface area contributed by atoms with Gasteiger partial charge in [-0.25, -0.2) is 0 Å². The molecule has 20 heavy (non-hydrogen) atoms. The molecular formula is C18H18O2. The molecule has 0 saturated carbocycles. The van der Waals surface area contributed by atoms with Gasteiger partial charge in [0, 0.05) is 0 Å². The zero-order chi connectivity index (χ0) is 14.6. The van der Waals surface area contributed by atoms with Crippen molar-refractivity contribution in [3.05, 3.63) is 78.4 Å². The van der Waals surface area contributed by atoms with Crippen LogP contribution in [0, 0.1) is 0 Å². The number of ether oxygens (including phenoxy) is 1. The molecule has 0 heterocycles. The Hall–Kier alpha value is -2.35. The fraction of sp³-hybridized carbons (Fsp3) is 0.167. The van der Waals surface area contributed by atoms with E-state index in [4.69, 9.17) is 4.74 Å². The maximum absolute atomic E-state index is 12.4. The zero-order valence-electron chi connectivity index (χ0n) is 11.8. The zero-order valence-corrected chi connectivity index (χ0v) is 11.8. The smallest absolute Gasteiger partial charge is 0.320 e. The van der Waals surface area contributed by atoms with Crippen LogP contribution in [0.3, 0.4) is 0 Å². The predicted molar refractivity (Wildman–Crippen MR) is 81.3 cm³/mol. The highest BCUT2D eigenvalue weighted by Crippen LogP contribution is 2.38. The number of carbonyl (C=O) groups is 1. The Labute approximate surface area is 119 Å². The molecule has 102 valence electrons. The van der Waals surface area contributed by atoms with Gasteiger partial charge in [0.25, 0.3) is 0 Å². The number of carbonyl (C=O) groups excluding carboxylic acids is 1. The van der Waals surface area contributed by atoms with Crippen molar-refractivity contribution in [1.29, 1.82) is 0 Å². The first-order chi connectivity index (χ1) is 9.60. The van der Waals surface area contributed by atoms with Crippen molar-refractivity contribution in [2.75, 3.05) is 7.11 Å². The Bertz CT molecular complexity index is 602. The quantitative estimate of drug-likeness (QED) is 0.786. The molecule has 0 fully saturated rings. The van der Waals surface area contributed by atoms with E-state index >= 15 is 0 Å². The monoisotopic (exact) mass is 266 g/mol. The minimum absolute atomic E-state index is 0.308. The lowest BCUT2D eigenvalue weighted by Gasteiger charge is -2.29. The van der Waals surface area contributed by atoms with E-state index < -0.39 is 5.41 Å². The number of rotatable bonds is 4. The summed E-state index contributed by atoms with van der Waals surface area (Å²) in [7, 11) is 1.40. The van der Waals surface area contributed by atoms with Crippen LogP contribution in [-0.2, 0) is 14.9 Å². The average molecular weight is 266 g/mol. The molecule has 0 saturated heterocycles. The Morgan fingerprint density at radius 2 is 1.50 bits per heavy atom. The fourth-order valence-electron chi connectivity index (χ4n) is 2.32. The molecule has 1 atom stereocenters. The summed E-state index contributed by atoms with van der Waals surface area (Å²) in [6.45, 7) is 5.99. The molecule has 0 bridgehead atoms. The molecule has 2 rings (SSSR count). The highest BCUT2D eigenvalue weighted by molar-refractivity contribution is 5.98. The minimum atomic E-state index is -0.892. The third kappa shape index (κ3) is 2.37. The van der Waals surface area contributed by atoms with Crippen LogP contribution < -0.4 is 0 Å². The third-order valence-electron chi connectivity index (χ3n) is 3.67. The van der Waals surface area contributed by atoms with Crippen molar-refractivity contribution in [3.8, 4) is 0 Å². The van der Waals surface area contributed by atoms with E-state index in [1.54, 1.807) is 0 Å². The fourth-order valence-corrected chi connectivity index (χ4v) is 2.32. The van der Waals surface area contributed by atoms with Gasteiger partial charge in [-0.05, 0) is 23.6 Å². The molecule has 2 aromatic rings. The Balaban J connectivity index is 2.54. The van der Waals surface area contributed by atoms with Crippen molar-refractivity contribution in [2.24, 2.45) is 0 Å². The van der Waals surface area contributed by atoms with E-state index in [2.05, 4.69) is 6.58 Å². The van der Waals surface area contributed by atoms with Crippen LogP contribution in [0.1, 0.15) is 18.1 Å². The standard InChI is InChI=1S/C18H18O2/c1-14(15-10-6-4-7-11-15)18(2,17(19)20-3)16-12-8-5-9-13-16/h4-13H,1H2,2-3H3. The van der Waals surface area contributed by atoms with Crippen LogP contribution in [-0.4, -0.2) is 13.1 Å².